The average molecular weight is 320 g/mol. The molecule has 2 aromatic carbocycles. The predicted octanol–water partition coefficient (Wildman–Crippen LogP) is 4.12. The molecule has 100 valence electrons. The molecule has 0 saturated heterocycles. The molecule has 1 atom stereocenters. The van der Waals surface area contributed by atoms with Gasteiger partial charge in [0, 0.05) is 10.0 Å². The second kappa shape index (κ2) is 5.76. The number of ether oxygens (including phenoxy) is 1. The van der Waals surface area contributed by atoms with Crippen LogP contribution >= 0.6 is 15.9 Å². The van der Waals surface area contributed by atoms with Gasteiger partial charge in [-0.25, -0.2) is 0 Å². The zero-order valence-corrected chi connectivity index (χ0v) is 13.0. The van der Waals surface area contributed by atoms with Gasteiger partial charge in [-0.2, -0.15) is 0 Å². The van der Waals surface area contributed by atoms with Crippen molar-refractivity contribution in [2.45, 2.75) is 19.9 Å². The van der Waals surface area contributed by atoms with Crippen LogP contribution in [0.5, 0.6) is 5.75 Å². The van der Waals surface area contributed by atoms with Gasteiger partial charge in [-0.05, 0) is 42.7 Å². The molecular weight excluding hydrogens is 302 g/mol. The summed E-state index contributed by atoms with van der Waals surface area (Å²) >= 11 is 3.48. The SMILES string of the molecule is COc1c(C(N)c2cccc(Br)c2)ccc(C)c1C. The van der Waals surface area contributed by atoms with Crippen molar-refractivity contribution in [3.63, 3.8) is 0 Å². The summed E-state index contributed by atoms with van der Waals surface area (Å²) in [5.41, 5.74) is 10.8. The van der Waals surface area contributed by atoms with Crippen LogP contribution in [-0.2, 0) is 0 Å². The van der Waals surface area contributed by atoms with E-state index >= 15 is 0 Å². The topological polar surface area (TPSA) is 35.2 Å². The Balaban J connectivity index is 2.50. The standard InChI is InChI=1S/C16H18BrNO/c1-10-7-8-14(16(19-3)11(10)2)15(18)12-5-4-6-13(17)9-12/h4-9,15H,18H2,1-3H3. The third kappa shape index (κ3) is 2.82. The van der Waals surface area contributed by atoms with E-state index in [1.54, 1.807) is 7.11 Å². The minimum absolute atomic E-state index is 0.188. The molecule has 2 aromatic rings. The van der Waals surface area contributed by atoms with E-state index in [0.717, 1.165) is 26.9 Å². The van der Waals surface area contributed by atoms with E-state index in [-0.39, 0.29) is 6.04 Å². The molecule has 0 aromatic heterocycles. The molecule has 0 fully saturated rings. The maximum atomic E-state index is 6.38. The lowest BCUT2D eigenvalue weighted by Gasteiger charge is -2.19. The molecule has 1 unspecified atom stereocenters. The summed E-state index contributed by atoms with van der Waals surface area (Å²) in [6, 6.07) is 12.0. The molecule has 0 amide bonds. The van der Waals surface area contributed by atoms with Gasteiger partial charge < -0.3 is 10.5 Å². The molecule has 0 spiro atoms. The van der Waals surface area contributed by atoms with Gasteiger partial charge in [0.15, 0.2) is 0 Å². The summed E-state index contributed by atoms with van der Waals surface area (Å²) in [6.07, 6.45) is 0. The number of rotatable bonds is 3. The number of nitrogens with two attached hydrogens (primary N) is 1. The van der Waals surface area contributed by atoms with E-state index in [2.05, 4.69) is 35.8 Å². The van der Waals surface area contributed by atoms with Crippen LogP contribution < -0.4 is 10.5 Å². The Morgan fingerprint density at radius 3 is 2.53 bits per heavy atom. The molecule has 2 N–H and O–H groups in total. The Hall–Kier alpha value is -1.32. The normalized spacial score (nSPS) is 12.3. The van der Waals surface area contributed by atoms with Gasteiger partial charge >= 0.3 is 0 Å². The van der Waals surface area contributed by atoms with Gasteiger partial charge in [-0.1, -0.05) is 40.2 Å². The highest BCUT2D eigenvalue weighted by Crippen LogP contribution is 2.33. The highest BCUT2D eigenvalue weighted by Gasteiger charge is 2.16. The first-order valence-corrected chi connectivity index (χ1v) is 6.99. The molecule has 2 rings (SSSR count). The number of aryl methyl sites for hydroxylation is 1. The third-order valence-corrected chi connectivity index (χ3v) is 3.95. The van der Waals surface area contributed by atoms with E-state index in [9.17, 15) is 0 Å². The lowest BCUT2D eigenvalue weighted by atomic mass is 9.95. The molecule has 0 aliphatic heterocycles. The van der Waals surface area contributed by atoms with Gasteiger partial charge in [0.25, 0.3) is 0 Å². The largest absolute Gasteiger partial charge is 0.496 e. The minimum Gasteiger partial charge on any atom is -0.496 e. The van der Waals surface area contributed by atoms with E-state index in [1.165, 1.54) is 5.56 Å². The fourth-order valence-corrected chi connectivity index (χ4v) is 2.62. The second-order valence-corrected chi connectivity index (χ2v) is 5.58. The molecule has 0 heterocycles. The maximum Gasteiger partial charge on any atom is 0.127 e. The zero-order chi connectivity index (χ0) is 14.0. The molecule has 0 radical (unpaired) electrons. The van der Waals surface area contributed by atoms with Crippen LogP contribution in [0.4, 0.5) is 0 Å². The van der Waals surface area contributed by atoms with Crippen molar-refractivity contribution in [3.05, 3.63) is 63.1 Å². The molecule has 0 bridgehead atoms. The van der Waals surface area contributed by atoms with Crippen molar-refractivity contribution < 1.29 is 4.74 Å². The summed E-state index contributed by atoms with van der Waals surface area (Å²) in [6.45, 7) is 4.14. The van der Waals surface area contributed by atoms with E-state index in [4.69, 9.17) is 10.5 Å². The van der Waals surface area contributed by atoms with Gasteiger partial charge in [-0.3, -0.25) is 0 Å². The number of hydrogen-bond donors (Lipinski definition) is 1. The monoisotopic (exact) mass is 319 g/mol. The van der Waals surface area contributed by atoms with Gasteiger partial charge in [0.1, 0.15) is 5.75 Å². The van der Waals surface area contributed by atoms with Crippen molar-refractivity contribution in [1.82, 2.24) is 0 Å². The zero-order valence-electron chi connectivity index (χ0n) is 11.4. The molecule has 3 heteroatoms. The highest BCUT2D eigenvalue weighted by atomic mass is 79.9. The van der Waals surface area contributed by atoms with E-state index < -0.39 is 0 Å². The summed E-state index contributed by atoms with van der Waals surface area (Å²) in [7, 11) is 1.69. The lowest BCUT2D eigenvalue weighted by molar-refractivity contribution is 0.404. The molecule has 2 nitrogen and oxygen atoms in total. The second-order valence-electron chi connectivity index (χ2n) is 4.66. The average Bonchev–Trinajstić information content (AvgIpc) is 2.41. The van der Waals surface area contributed by atoms with Gasteiger partial charge in [-0.15, -0.1) is 0 Å². The Labute approximate surface area is 122 Å². The predicted molar refractivity (Wildman–Crippen MR) is 82.6 cm³/mol. The molecule has 0 aliphatic rings. The summed E-state index contributed by atoms with van der Waals surface area (Å²) in [5.74, 6) is 0.882. The fourth-order valence-electron chi connectivity index (χ4n) is 2.21. The summed E-state index contributed by atoms with van der Waals surface area (Å²) in [4.78, 5) is 0. The Kier molecular flexibility index (Phi) is 4.27. The van der Waals surface area contributed by atoms with Gasteiger partial charge in [0.05, 0.1) is 13.2 Å². The van der Waals surface area contributed by atoms with Crippen LogP contribution in [0, 0.1) is 13.8 Å². The third-order valence-electron chi connectivity index (χ3n) is 3.45. The van der Waals surface area contributed by atoms with Crippen LogP contribution in [0.1, 0.15) is 28.3 Å². The Bertz CT molecular complexity index is 595. The van der Waals surface area contributed by atoms with Crippen LogP contribution in [-0.4, -0.2) is 7.11 Å². The smallest absolute Gasteiger partial charge is 0.127 e. The van der Waals surface area contributed by atoms with Crippen LogP contribution in [0.3, 0.4) is 0 Å². The van der Waals surface area contributed by atoms with Crippen molar-refractivity contribution >= 4 is 15.9 Å². The Morgan fingerprint density at radius 1 is 1.16 bits per heavy atom. The molecule has 19 heavy (non-hydrogen) atoms. The van der Waals surface area contributed by atoms with Crippen molar-refractivity contribution in [2.75, 3.05) is 7.11 Å². The quantitative estimate of drug-likeness (QED) is 0.923. The molecular formula is C16H18BrNO. The fraction of sp³-hybridized carbons (Fsp3) is 0.250. The van der Waals surface area contributed by atoms with Crippen molar-refractivity contribution in [2.24, 2.45) is 5.73 Å². The van der Waals surface area contributed by atoms with Crippen molar-refractivity contribution in [1.29, 1.82) is 0 Å². The maximum absolute atomic E-state index is 6.38. The molecule has 0 saturated carbocycles. The number of halogens is 1. The van der Waals surface area contributed by atoms with E-state index in [0.29, 0.717) is 0 Å². The van der Waals surface area contributed by atoms with Crippen molar-refractivity contribution in [3.8, 4) is 5.75 Å². The van der Waals surface area contributed by atoms with Gasteiger partial charge in [0.2, 0.25) is 0 Å². The first-order valence-electron chi connectivity index (χ1n) is 6.19. The summed E-state index contributed by atoms with van der Waals surface area (Å²) < 4.78 is 6.57. The molecule has 0 aliphatic carbocycles. The lowest BCUT2D eigenvalue weighted by Crippen LogP contribution is -2.14. The number of benzene rings is 2. The minimum atomic E-state index is -0.188. The van der Waals surface area contributed by atoms with Crippen LogP contribution in [0.15, 0.2) is 40.9 Å². The number of methoxy groups -OCH3 is 1. The van der Waals surface area contributed by atoms with E-state index in [1.807, 2.05) is 30.3 Å². The Morgan fingerprint density at radius 2 is 1.89 bits per heavy atom. The van der Waals surface area contributed by atoms with Crippen LogP contribution in [0.25, 0.3) is 0 Å². The highest BCUT2D eigenvalue weighted by molar-refractivity contribution is 9.10. The number of hydrogen-bond acceptors (Lipinski definition) is 2. The summed E-state index contributed by atoms with van der Waals surface area (Å²) in [5, 5.41) is 0. The van der Waals surface area contributed by atoms with Crippen LogP contribution in [0.2, 0.25) is 0 Å². The first kappa shape index (κ1) is 14.1. The first-order chi connectivity index (χ1) is 9.04.